The highest BCUT2D eigenvalue weighted by Gasteiger charge is 2.48. The number of amides is 1. The lowest BCUT2D eigenvalue weighted by atomic mass is 9.93. The third-order valence-corrected chi connectivity index (χ3v) is 8.46. The standard InChI is InChI=1S/C34H32N2O8S/c1-6-43-33(40)31-20(3)35-34(45-31)36-28(22-12-15-25(41-4)26(17-22)42-5)27(30(38)32(36)39)29(37)24-14-13-23(16-19(24)2)44-18-21-10-8-7-9-11-21/h7-17,28,37H,6,18H2,1-5H3/b29-27+/t28-/m0/s1. The number of benzene rings is 3. The van der Waals surface area contributed by atoms with Crippen molar-refractivity contribution in [3.8, 4) is 17.2 Å². The number of hydrogen-bond acceptors (Lipinski definition) is 10. The molecule has 0 aliphatic carbocycles. The highest BCUT2D eigenvalue weighted by Crippen LogP contribution is 2.46. The Balaban J connectivity index is 1.61. The van der Waals surface area contributed by atoms with Crippen LogP contribution >= 0.6 is 11.3 Å². The van der Waals surface area contributed by atoms with Gasteiger partial charge in [0.2, 0.25) is 0 Å². The molecule has 1 aromatic heterocycles. The highest BCUT2D eigenvalue weighted by atomic mass is 32.1. The van der Waals surface area contributed by atoms with E-state index < -0.39 is 23.7 Å². The summed E-state index contributed by atoms with van der Waals surface area (Å²) in [6, 6.07) is 18.7. The molecule has 1 amide bonds. The Morgan fingerprint density at radius 1 is 0.978 bits per heavy atom. The molecule has 11 heteroatoms. The fourth-order valence-corrected chi connectivity index (χ4v) is 6.10. The zero-order valence-electron chi connectivity index (χ0n) is 25.5. The van der Waals surface area contributed by atoms with E-state index in [4.69, 9.17) is 18.9 Å². The predicted molar refractivity (Wildman–Crippen MR) is 169 cm³/mol. The first-order valence-electron chi connectivity index (χ1n) is 14.1. The van der Waals surface area contributed by atoms with Gasteiger partial charge in [0.15, 0.2) is 16.6 Å². The van der Waals surface area contributed by atoms with E-state index in [9.17, 15) is 19.5 Å². The van der Waals surface area contributed by atoms with Crippen LogP contribution in [0.2, 0.25) is 0 Å². The molecule has 4 aromatic rings. The number of aryl methyl sites for hydroxylation is 2. The van der Waals surface area contributed by atoms with Crippen molar-refractivity contribution in [2.45, 2.75) is 33.4 Å². The number of aliphatic hydroxyl groups is 1. The zero-order chi connectivity index (χ0) is 32.2. The van der Waals surface area contributed by atoms with Gasteiger partial charge in [0.05, 0.1) is 38.1 Å². The molecule has 232 valence electrons. The lowest BCUT2D eigenvalue weighted by molar-refractivity contribution is -0.132. The van der Waals surface area contributed by atoms with Crippen LogP contribution in [-0.4, -0.2) is 48.6 Å². The molecule has 0 spiro atoms. The molecule has 2 heterocycles. The number of carbonyl (C=O) groups excluding carboxylic acids is 3. The van der Waals surface area contributed by atoms with Gasteiger partial charge in [0.1, 0.15) is 23.0 Å². The number of ether oxygens (including phenoxy) is 4. The number of ketones is 1. The van der Waals surface area contributed by atoms with Crippen LogP contribution in [0.1, 0.15) is 50.6 Å². The average molecular weight is 629 g/mol. The van der Waals surface area contributed by atoms with E-state index in [1.54, 1.807) is 57.2 Å². The van der Waals surface area contributed by atoms with E-state index in [0.29, 0.717) is 46.2 Å². The molecular weight excluding hydrogens is 596 g/mol. The number of Topliss-reactive ketones (excluding diaryl/α,β-unsaturated/α-hetero) is 1. The maximum absolute atomic E-state index is 13.7. The first-order valence-corrected chi connectivity index (χ1v) is 14.9. The van der Waals surface area contributed by atoms with Crippen molar-refractivity contribution >= 4 is 39.9 Å². The third kappa shape index (κ3) is 6.12. The van der Waals surface area contributed by atoms with Gasteiger partial charge < -0.3 is 24.1 Å². The van der Waals surface area contributed by atoms with Gasteiger partial charge in [-0.25, -0.2) is 9.78 Å². The summed E-state index contributed by atoms with van der Waals surface area (Å²) in [5, 5.41) is 11.8. The van der Waals surface area contributed by atoms with Gasteiger partial charge in [-0.3, -0.25) is 14.5 Å². The summed E-state index contributed by atoms with van der Waals surface area (Å²) < 4.78 is 22.0. The Hall–Kier alpha value is -5.16. The molecule has 1 atom stereocenters. The Labute approximate surface area is 264 Å². The number of rotatable bonds is 10. The minimum Gasteiger partial charge on any atom is -0.507 e. The normalized spacial score (nSPS) is 15.7. The van der Waals surface area contributed by atoms with E-state index in [1.807, 2.05) is 30.3 Å². The quantitative estimate of drug-likeness (QED) is 0.0952. The van der Waals surface area contributed by atoms with Crippen LogP contribution in [0.25, 0.3) is 5.76 Å². The van der Waals surface area contributed by atoms with Crippen molar-refractivity contribution in [3.05, 3.63) is 105 Å². The van der Waals surface area contributed by atoms with Crippen LogP contribution in [0.3, 0.4) is 0 Å². The fraction of sp³-hybridized carbons (Fsp3) is 0.235. The Bertz CT molecular complexity index is 1800. The Morgan fingerprint density at radius 3 is 2.38 bits per heavy atom. The van der Waals surface area contributed by atoms with Crippen molar-refractivity contribution in [1.82, 2.24) is 4.98 Å². The minimum absolute atomic E-state index is 0.109. The minimum atomic E-state index is -1.10. The molecule has 10 nitrogen and oxygen atoms in total. The van der Waals surface area contributed by atoms with Crippen molar-refractivity contribution in [2.75, 3.05) is 25.7 Å². The first-order chi connectivity index (χ1) is 21.7. The summed E-state index contributed by atoms with van der Waals surface area (Å²) in [4.78, 5) is 45.9. The lowest BCUT2D eigenvalue weighted by Gasteiger charge is -2.24. The molecule has 1 aliphatic rings. The molecule has 5 rings (SSSR count). The number of methoxy groups -OCH3 is 2. The van der Waals surface area contributed by atoms with Crippen LogP contribution in [0.15, 0.2) is 72.3 Å². The summed E-state index contributed by atoms with van der Waals surface area (Å²) in [6.45, 7) is 5.61. The molecule has 1 saturated heterocycles. The molecule has 0 unspecified atom stereocenters. The average Bonchev–Trinajstić information content (AvgIpc) is 3.55. The SMILES string of the molecule is CCOC(=O)c1sc(N2C(=O)C(=O)/C(=C(/O)c3ccc(OCc4ccccc4)cc3C)[C@@H]2c2ccc(OC)c(OC)c2)nc1C. The Morgan fingerprint density at radius 2 is 1.71 bits per heavy atom. The van der Waals surface area contributed by atoms with Crippen molar-refractivity contribution in [1.29, 1.82) is 0 Å². The molecule has 0 radical (unpaired) electrons. The second-order valence-electron chi connectivity index (χ2n) is 10.2. The van der Waals surface area contributed by atoms with Gasteiger partial charge in [-0.05, 0) is 67.8 Å². The first kappa shape index (κ1) is 31.3. The summed E-state index contributed by atoms with van der Waals surface area (Å²) in [5.41, 5.74) is 2.65. The number of aliphatic hydroxyl groups excluding tert-OH is 1. The molecular formula is C34H32N2O8S. The van der Waals surface area contributed by atoms with Gasteiger partial charge in [-0.15, -0.1) is 0 Å². The third-order valence-electron chi connectivity index (χ3n) is 7.32. The van der Waals surface area contributed by atoms with E-state index in [1.165, 1.54) is 19.1 Å². The number of aromatic nitrogens is 1. The molecule has 0 bridgehead atoms. The van der Waals surface area contributed by atoms with Crippen LogP contribution < -0.4 is 19.1 Å². The van der Waals surface area contributed by atoms with Crippen molar-refractivity contribution in [2.24, 2.45) is 0 Å². The highest BCUT2D eigenvalue weighted by molar-refractivity contribution is 7.17. The second-order valence-corrected chi connectivity index (χ2v) is 11.1. The predicted octanol–water partition coefficient (Wildman–Crippen LogP) is 6.16. The van der Waals surface area contributed by atoms with Gasteiger partial charge in [0, 0.05) is 5.56 Å². The maximum atomic E-state index is 13.7. The molecule has 1 fully saturated rings. The Kier molecular flexibility index (Phi) is 9.19. The second kappa shape index (κ2) is 13.2. The van der Waals surface area contributed by atoms with Crippen molar-refractivity contribution in [3.63, 3.8) is 0 Å². The number of esters is 1. The summed E-state index contributed by atoms with van der Waals surface area (Å²) in [6.07, 6.45) is 0. The van der Waals surface area contributed by atoms with Crippen LogP contribution in [0, 0.1) is 13.8 Å². The maximum Gasteiger partial charge on any atom is 0.350 e. The van der Waals surface area contributed by atoms with Crippen LogP contribution in [0.4, 0.5) is 5.13 Å². The number of anilines is 1. The van der Waals surface area contributed by atoms with Gasteiger partial charge in [-0.2, -0.15) is 0 Å². The molecule has 1 N–H and O–H groups in total. The largest absolute Gasteiger partial charge is 0.507 e. The molecule has 1 aliphatic heterocycles. The number of carbonyl (C=O) groups is 3. The molecule has 3 aromatic carbocycles. The smallest absolute Gasteiger partial charge is 0.350 e. The van der Waals surface area contributed by atoms with Gasteiger partial charge in [-0.1, -0.05) is 47.7 Å². The van der Waals surface area contributed by atoms with E-state index in [2.05, 4.69) is 4.98 Å². The van der Waals surface area contributed by atoms with E-state index >= 15 is 0 Å². The fourth-order valence-electron chi connectivity index (χ4n) is 5.12. The van der Waals surface area contributed by atoms with Crippen molar-refractivity contribution < 1.29 is 38.4 Å². The number of thiazole rings is 1. The number of hydrogen-bond donors (Lipinski definition) is 1. The van der Waals surface area contributed by atoms with Gasteiger partial charge in [0.25, 0.3) is 5.78 Å². The molecule has 45 heavy (non-hydrogen) atoms. The molecule has 0 saturated carbocycles. The number of nitrogens with zero attached hydrogens (tertiary/aromatic N) is 2. The van der Waals surface area contributed by atoms with Gasteiger partial charge >= 0.3 is 11.9 Å². The summed E-state index contributed by atoms with van der Waals surface area (Å²) in [7, 11) is 2.97. The zero-order valence-corrected chi connectivity index (χ0v) is 26.3. The lowest BCUT2D eigenvalue weighted by Crippen LogP contribution is -2.29. The summed E-state index contributed by atoms with van der Waals surface area (Å²) in [5.74, 6) is -1.36. The van der Waals surface area contributed by atoms with E-state index in [-0.39, 0.29) is 27.9 Å². The van der Waals surface area contributed by atoms with Crippen LogP contribution in [0.5, 0.6) is 17.2 Å². The summed E-state index contributed by atoms with van der Waals surface area (Å²) >= 11 is 0.935. The van der Waals surface area contributed by atoms with Crippen LogP contribution in [-0.2, 0) is 20.9 Å². The van der Waals surface area contributed by atoms with E-state index in [0.717, 1.165) is 16.9 Å². The monoisotopic (exact) mass is 628 g/mol. The topological polar surface area (TPSA) is 124 Å².